The van der Waals surface area contributed by atoms with Crippen LogP contribution in [0.25, 0.3) is 56.2 Å². The molecule has 2 N–H and O–H groups in total. The number of benzene rings is 9. The topological polar surface area (TPSA) is 50.7 Å². The highest BCUT2D eigenvalue weighted by Gasteiger charge is 2.51. The molecule has 0 radical (unpaired) electrons. The van der Waals surface area contributed by atoms with Gasteiger partial charge in [0.05, 0.1) is 12.0 Å². The summed E-state index contributed by atoms with van der Waals surface area (Å²) in [6.07, 6.45) is 8.38. The molecule has 324 valence electrons. The molecule has 0 aliphatic heterocycles. The first kappa shape index (κ1) is 42.0. The first-order chi connectivity index (χ1) is 33.6. The zero-order valence-corrected chi connectivity index (χ0v) is 37.9. The van der Waals surface area contributed by atoms with E-state index in [2.05, 4.69) is 237 Å². The van der Waals surface area contributed by atoms with E-state index >= 15 is 0 Å². The van der Waals surface area contributed by atoms with Crippen LogP contribution in [0.4, 0.5) is 0 Å². The second kappa shape index (κ2) is 18.3. The fourth-order valence-corrected chi connectivity index (χ4v) is 10.2. The molecule has 0 atom stereocenters. The van der Waals surface area contributed by atoms with Crippen molar-refractivity contribution >= 4 is 23.3 Å². The van der Waals surface area contributed by atoms with Crippen molar-refractivity contribution in [1.29, 1.82) is 0 Å². The standard InChI is InChI=1S/C65H49N3/c1-2-47(48-23-9-4-10-24-48)40-51(37-35-45-21-7-3-8-22-45)63(66)68-64(54-42-52(49-25-11-5-12-26-49)41-53(43-54)50-27-13-6-14-28-50)67-44-46-36-38-58-57-31-17-20-34-61(57)65(62(58)39-46)59-32-18-15-29-55(59)56-30-16-19-33-60(56)65/h2-43H,44H2,1H3,(H2,66,67,68)/b37-35+,47-2+,51-40+. The fraction of sp³-hybridized carbons (Fsp3) is 0.0462. The first-order valence-corrected chi connectivity index (χ1v) is 23.3. The van der Waals surface area contributed by atoms with Crippen LogP contribution in [0.15, 0.2) is 264 Å². The van der Waals surface area contributed by atoms with E-state index in [1.54, 1.807) is 0 Å². The number of aliphatic imine (C=N–C) groups is 2. The molecule has 1 spiro atoms. The van der Waals surface area contributed by atoms with Crippen LogP contribution in [0, 0.1) is 0 Å². The lowest BCUT2D eigenvalue weighted by Gasteiger charge is -2.30. The van der Waals surface area contributed by atoms with Gasteiger partial charge in [0.25, 0.3) is 0 Å². The number of amidine groups is 2. The fourth-order valence-electron chi connectivity index (χ4n) is 10.2. The van der Waals surface area contributed by atoms with Crippen LogP contribution in [-0.2, 0) is 12.0 Å². The number of allylic oxidation sites excluding steroid dienone is 3. The van der Waals surface area contributed by atoms with Gasteiger partial charge in [-0.15, -0.1) is 0 Å². The number of nitrogens with two attached hydrogens (primary N) is 1. The zero-order valence-electron chi connectivity index (χ0n) is 37.9. The smallest absolute Gasteiger partial charge is 0.157 e. The van der Waals surface area contributed by atoms with Crippen LogP contribution < -0.4 is 5.73 Å². The summed E-state index contributed by atoms with van der Waals surface area (Å²) < 4.78 is 0. The highest BCUT2D eigenvalue weighted by atomic mass is 15.0. The Hall–Kier alpha value is -8.66. The number of nitrogens with zero attached hydrogens (tertiary/aromatic N) is 2. The average molecular weight is 872 g/mol. The molecule has 0 bridgehead atoms. The van der Waals surface area contributed by atoms with Crippen molar-refractivity contribution in [3.05, 3.63) is 299 Å². The normalized spacial score (nSPS) is 13.9. The SMILES string of the molecule is C\C=C(/C=C(\C=C\c1ccccc1)C(N)=NC(=NCc1ccc2c(c1)C1(c3ccccc3-c3ccccc31)c1ccccc1-2)c1cc(-c2ccccc2)cc(-c2ccccc2)c1)c1ccccc1. The van der Waals surface area contributed by atoms with Crippen molar-refractivity contribution in [2.24, 2.45) is 15.7 Å². The summed E-state index contributed by atoms with van der Waals surface area (Å²) in [5, 5.41) is 0. The predicted octanol–water partition coefficient (Wildman–Crippen LogP) is 15.4. The van der Waals surface area contributed by atoms with Gasteiger partial charge < -0.3 is 5.73 Å². The maximum Gasteiger partial charge on any atom is 0.157 e. The molecular formula is C65H49N3. The van der Waals surface area contributed by atoms with Gasteiger partial charge in [-0.1, -0.05) is 231 Å². The Morgan fingerprint density at radius 2 is 0.956 bits per heavy atom. The third-order valence-corrected chi connectivity index (χ3v) is 13.4. The molecule has 3 heteroatoms. The van der Waals surface area contributed by atoms with Gasteiger partial charge in [-0.2, -0.15) is 0 Å². The largest absolute Gasteiger partial charge is 0.383 e. The Bertz CT molecular complexity index is 3350. The van der Waals surface area contributed by atoms with Crippen molar-refractivity contribution in [1.82, 2.24) is 0 Å². The highest BCUT2D eigenvalue weighted by molar-refractivity contribution is 6.13. The summed E-state index contributed by atoms with van der Waals surface area (Å²) in [6, 6.07) is 82.1. The Kier molecular flexibility index (Phi) is 11.3. The summed E-state index contributed by atoms with van der Waals surface area (Å²) in [7, 11) is 0. The molecule has 0 heterocycles. The third-order valence-electron chi connectivity index (χ3n) is 13.4. The van der Waals surface area contributed by atoms with Gasteiger partial charge in [0.15, 0.2) is 5.84 Å². The van der Waals surface area contributed by atoms with Crippen LogP contribution in [0.1, 0.15) is 51.4 Å². The van der Waals surface area contributed by atoms with E-state index in [4.69, 9.17) is 15.7 Å². The van der Waals surface area contributed by atoms with Gasteiger partial charge in [0.1, 0.15) is 5.84 Å². The van der Waals surface area contributed by atoms with E-state index in [9.17, 15) is 0 Å². The molecule has 0 fully saturated rings. The van der Waals surface area contributed by atoms with Crippen molar-refractivity contribution in [2.75, 3.05) is 0 Å². The highest BCUT2D eigenvalue weighted by Crippen LogP contribution is 2.62. The minimum Gasteiger partial charge on any atom is -0.383 e. The first-order valence-electron chi connectivity index (χ1n) is 23.3. The number of fused-ring (bicyclic) bond motifs is 10. The Balaban J connectivity index is 1.09. The average Bonchev–Trinajstić information content (AvgIpc) is 3.88. The monoisotopic (exact) mass is 871 g/mol. The lowest BCUT2D eigenvalue weighted by atomic mass is 9.70. The Morgan fingerprint density at radius 3 is 1.50 bits per heavy atom. The number of hydrogen-bond acceptors (Lipinski definition) is 1. The molecule has 0 saturated carbocycles. The molecule has 0 unspecified atom stereocenters. The van der Waals surface area contributed by atoms with Crippen molar-refractivity contribution < 1.29 is 0 Å². The van der Waals surface area contributed by atoms with Crippen LogP contribution in [0.2, 0.25) is 0 Å². The molecule has 2 aliphatic rings. The van der Waals surface area contributed by atoms with Crippen LogP contribution in [0.3, 0.4) is 0 Å². The molecule has 0 amide bonds. The minimum atomic E-state index is -0.451. The molecule has 9 aromatic rings. The molecule has 0 saturated heterocycles. The molecule has 0 aromatic heterocycles. The number of rotatable bonds is 10. The van der Waals surface area contributed by atoms with E-state index in [0.29, 0.717) is 18.2 Å². The molecule has 11 rings (SSSR count). The summed E-state index contributed by atoms with van der Waals surface area (Å²) in [6.45, 7) is 2.44. The Labute approximate surface area is 399 Å². The lowest BCUT2D eigenvalue weighted by molar-refractivity contribution is 0.791. The summed E-state index contributed by atoms with van der Waals surface area (Å²) in [5.41, 5.74) is 27.4. The van der Waals surface area contributed by atoms with Crippen LogP contribution in [-0.4, -0.2) is 11.7 Å². The second-order valence-electron chi connectivity index (χ2n) is 17.4. The van der Waals surface area contributed by atoms with Crippen LogP contribution >= 0.6 is 0 Å². The quantitative estimate of drug-likeness (QED) is 0.0831. The van der Waals surface area contributed by atoms with E-state index in [-0.39, 0.29) is 0 Å². The van der Waals surface area contributed by atoms with E-state index in [1.165, 1.54) is 44.5 Å². The third kappa shape index (κ3) is 7.74. The van der Waals surface area contributed by atoms with Gasteiger partial charge in [-0.25, -0.2) is 4.99 Å². The predicted molar refractivity (Wildman–Crippen MR) is 286 cm³/mol. The maximum atomic E-state index is 7.28. The lowest BCUT2D eigenvalue weighted by Crippen LogP contribution is -2.26. The van der Waals surface area contributed by atoms with Gasteiger partial charge in [-0.3, -0.25) is 4.99 Å². The van der Waals surface area contributed by atoms with Crippen molar-refractivity contribution in [2.45, 2.75) is 18.9 Å². The summed E-state index contributed by atoms with van der Waals surface area (Å²) in [5.74, 6) is 0.911. The van der Waals surface area contributed by atoms with Crippen molar-refractivity contribution in [3.63, 3.8) is 0 Å². The molecular weight excluding hydrogens is 823 g/mol. The molecule has 9 aromatic carbocycles. The van der Waals surface area contributed by atoms with Crippen LogP contribution in [0.5, 0.6) is 0 Å². The van der Waals surface area contributed by atoms with Gasteiger partial charge in [0.2, 0.25) is 0 Å². The summed E-state index contributed by atoms with van der Waals surface area (Å²) >= 11 is 0. The maximum absolute atomic E-state index is 7.28. The van der Waals surface area contributed by atoms with E-state index in [1.807, 2.05) is 24.3 Å². The Morgan fingerprint density at radius 1 is 0.471 bits per heavy atom. The zero-order chi connectivity index (χ0) is 45.9. The minimum absolute atomic E-state index is 0.361. The molecule has 3 nitrogen and oxygen atoms in total. The van der Waals surface area contributed by atoms with Crippen molar-refractivity contribution in [3.8, 4) is 44.5 Å². The van der Waals surface area contributed by atoms with Gasteiger partial charge in [-0.05, 0) is 120 Å². The van der Waals surface area contributed by atoms with Gasteiger partial charge in [0, 0.05) is 11.1 Å². The second-order valence-corrected chi connectivity index (χ2v) is 17.4. The number of hydrogen-bond donors (Lipinski definition) is 1. The summed E-state index contributed by atoms with van der Waals surface area (Å²) in [4.78, 5) is 10.9. The van der Waals surface area contributed by atoms with E-state index < -0.39 is 5.41 Å². The molecule has 2 aliphatic carbocycles. The van der Waals surface area contributed by atoms with Gasteiger partial charge >= 0.3 is 0 Å². The molecule has 68 heavy (non-hydrogen) atoms. The van der Waals surface area contributed by atoms with E-state index in [0.717, 1.165) is 55.7 Å².